The zero-order chi connectivity index (χ0) is 7.65. The first-order valence-corrected chi connectivity index (χ1v) is 3.19. The Morgan fingerprint density at radius 2 is 1.44 bits per heavy atom. The summed E-state index contributed by atoms with van der Waals surface area (Å²) in [4.78, 5) is 0. The van der Waals surface area contributed by atoms with E-state index in [2.05, 4.69) is 0 Å². The van der Waals surface area contributed by atoms with Crippen LogP contribution in [0.3, 0.4) is 0 Å². The topological polar surface area (TPSA) is 0 Å². The summed E-state index contributed by atoms with van der Waals surface area (Å²) in [7, 11) is 0. The van der Waals surface area contributed by atoms with Crippen LogP contribution in [0.2, 0.25) is 0 Å². The van der Waals surface area contributed by atoms with Crippen LogP contribution in [0, 0.1) is 5.41 Å². The summed E-state index contributed by atoms with van der Waals surface area (Å²) in [6.07, 6.45) is 0. The summed E-state index contributed by atoms with van der Waals surface area (Å²) in [6, 6.07) is 0. The van der Waals surface area contributed by atoms with Gasteiger partial charge in [-0.25, -0.2) is 4.39 Å². The summed E-state index contributed by atoms with van der Waals surface area (Å²) in [5.41, 5.74) is 0.821. The Hall–Kier alpha value is -0.330. The van der Waals surface area contributed by atoms with E-state index in [4.69, 9.17) is 0 Å². The van der Waals surface area contributed by atoms with E-state index >= 15 is 0 Å². The summed E-state index contributed by atoms with van der Waals surface area (Å²) < 4.78 is 12.5. The Morgan fingerprint density at radius 1 is 1.11 bits per heavy atom. The molecule has 1 heteroatoms. The molecule has 0 aromatic carbocycles. The van der Waals surface area contributed by atoms with Crippen molar-refractivity contribution in [3.05, 3.63) is 11.4 Å². The van der Waals surface area contributed by atoms with E-state index in [1.54, 1.807) is 0 Å². The Labute approximate surface area is 56.8 Å². The van der Waals surface area contributed by atoms with Crippen molar-refractivity contribution in [2.45, 2.75) is 34.6 Å². The number of rotatable bonds is 0. The van der Waals surface area contributed by atoms with Crippen LogP contribution in [0.15, 0.2) is 11.4 Å². The predicted octanol–water partition coefficient (Wildman–Crippen LogP) is 3.30. The highest BCUT2D eigenvalue weighted by Crippen LogP contribution is 2.27. The fraction of sp³-hybridized carbons (Fsp3) is 0.750. The lowest BCUT2D eigenvalue weighted by molar-refractivity contribution is 0.471. The van der Waals surface area contributed by atoms with E-state index in [0.29, 0.717) is 0 Å². The van der Waals surface area contributed by atoms with Crippen molar-refractivity contribution in [1.82, 2.24) is 0 Å². The van der Waals surface area contributed by atoms with E-state index in [9.17, 15) is 4.39 Å². The average Bonchev–Trinajstić information content (AvgIpc) is 1.62. The number of hydrogen-bond donors (Lipinski definition) is 0. The van der Waals surface area contributed by atoms with Crippen molar-refractivity contribution in [1.29, 1.82) is 0 Å². The van der Waals surface area contributed by atoms with Crippen molar-refractivity contribution in [3.63, 3.8) is 0 Å². The molecule has 0 N–H and O–H groups in total. The van der Waals surface area contributed by atoms with Gasteiger partial charge in [-0.2, -0.15) is 0 Å². The summed E-state index contributed by atoms with van der Waals surface area (Å²) in [6.45, 7) is 9.35. The number of halogens is 1. The molecule has 0 aliphatic carbocycles. The van der Waals surface area contributed by atoms with Gasteiger partial charge in [-0.15, -0.1) is 0 Å². The smallest absolute Gasteiger partial charge is 0.0963 e. The van der Waals surface area contributed by atoms with Crippen molar-refractivity contribution < 1.29 is 4.39 Å². The van der Waals surface area contributed by atoms with Crippen LogP contribution in [-0.2, 0) is 0 Å². The zero-order valence-electron chi connectivity index (χ0n) is 6.88. The van der Waals surface area contributed by atoms with Crippen molar-refractivity contribution in [3.8, 4) is 0 Å². The summed E-state index contributed by atoms with van der Waals surface area (Å²) in [5, 5.41) is 0. The van der Waals surface area contributed by atoms with Crippen LogP contribution in [0.4, 0.5) is 4.39 Å². The highest BCUT2D eigenvalue weighted by molar-refractivity contribution is 5.10. The first-order valence-electron chi connectivity index (χ1n) is 3.19. The molecule has 0 fully saturated rings. The molecular formula is C8H15F. The quantitative estimate of drug-likeness (QED) is 0.472. The van der Waals surface area contributed by atoms with Gasteiger partial charge in [0.2, 0.25) is 0 Å². The molecular weight excluding hydrogens is 115 g/mol. The molecule has 0 unspecified atom stereocenters. The second-order valence-corrected chi connectivity index (χ2v) is 3.41. The van der Waals surface area contributed by atoms with Gasteiger partial charge in [-0.1, -0.05) is 20.8 Å². The first kappa shape index (κ1) is 8.67. The second-order valence-electron chi connectivity index (χ2n) is 3.41. The molecule has 0 saturated carbocycles. The van der Waals surface area contributed by atoms with Crippen LogP contribution in [-0.4, -0.2) is 0 Å². The number of allylic oxidation sites excluding steroid dienone is 2. The van der Waals surface area contributed by atoms with Crippen molar-refractivity contribution >= 4 is 0 Å². The van der Waals surface area contributed by atoms with Crippen molar-refractivity contribution in [2.24, 2.45) is 5.41 Å². The van der Waals surface area contributed by atoms with Crippen LogP contribution < -0.4 is 0 Å². The standard InChI is InChI=1S/C8H15F/c1-6(7(2)9)8(3,4)5/h1-5H3/b7-6-. The second kappa shape index (κ2) is 2.51. The van der Waals surface area contributed by atoms with Gasteiger partial charge in [0.25, 0.3) is 0 Å². The average molecular weight is 130 g/mol. The fourth-order valence-corrected chi connectivity index (χ4v) is 0.517. The Balaban J connectivity index is 4.40. The SMILES string of the molecule is C/C(F)=C(\C)C(C)(C)C. The van der Waals surface area contributed by atoms with Gasteiger partial charge in [0.05, 0.1) is 5.83 Å². The Bertz CT molecular complexity index is 122. The van der Waals surface area contributed by atoms with Crippen LogP contribution >= 0.6 is 0 Å². The van der Waals surface area contributed by atoms with Gasteiger partial charge in [-0.05, 0) is 24.8 Å². The maximum absolute atomic E-state index is 12.5. The molecule has 0 amide bonds. The minimum Gasteiger partial charge on any atom is -0.212 e. The highest BCUT2D eigenvalue weighted by atomic mass is 19.1. The van der Waals surface area contributed by atoms with Gasteiger partial charge in [-0.3, -0.25) is 0 Å². The molecule has 0 aromatic heterocycles. The van der Waals surface area contributed by atoms with Crippen molar-refractivity contribution in [2.75, 3.05) is 0 Å². The highest BCUT2D eigenvalue weighted by Gasteiger charge is 2.14. The van der Waals surface area contributed by atoms with Gasteiger partial charge < -0.3 is 0 Å². The number of hydrogen-bond acceptors (Lipinski definition) is 0. The lowest BCUT2D eigenvalue weighted by atomic mass is 9.87. The molecule has 0 aliphatic rings. The fourth-order valence-electron chi connectivity index (χ4n) is 0.517. The third-order valence-corrected chi connectivity index (χ3v) is 1.64. The van der Waals surface area contributed by atoms with E-state index < -0.39 is 0 Å². The molecule has 0 radical (unpaired) electrons. The first-order chi connectivity index (χ1) is 3.85. The minimum atomic E-state index is -0.0532. The maximum atomic E-state index is 12.5. The van der Waals surface area contributed by atoms with Crippen LogP contribution in [0.25, 0.3) is 0 Å². The summed E-state index contributed by atoms with van der Waals surface area (Å²) >= 11 is 0. The van der Waals surface area contributed by atoms with Crippen LogP contribution in [0.1, 0.15) is 34.6 Å². The lowest BCUT2D eigenvalue weighted by Crippen LogP contribution is -2.07. The van der Waals surface area contributed by atoms with Gasteiger partial charge in [0, 0.05) is 0 Å². The molecule has 0 aliphatic heterocycles. The molecule has 0 aromatic rings. The van der Waals surface area contributed by atoms with E-state index in [0.717, 1.165) is 5.57 Å². The molecule has 0 atom stereocenters. The summed E-state index contributed by atoms with van der Waals surface area (Å²) in [5.74, 6) is -0.0532. The lowest BCUT2D eigenvalue weighted by Gasteiger charge is -2.19. The third kappa shape index (κ3) is 2.64. The van der Waals surface area contributed by atoms with Gasteiger partial charge in [0.1, 0.15) is 0 Å². The Morgan fingerprint density at radius 3 is 1.44 bits per heavy atom. The third-order valence-electron chi connectivity index (χ3n) is 1.64. The van der Waals surface area contributed by atoms with Crippen LogP contribution in [0.5, 0.6) is 0 Å². The van der Waals surface area contributed by atoms with E-state index in [1.165, 1.54) is 6.92 Å². The molecule has 0 saturated heterocycles. The minimum absolute atomic E-state index is 0.0150. The maximum Gasteiger partial charge on any atom is 0.0963 e. The van der Waals surface area contributed by atoms with Gasteiger partial charge >= 0.3 is 0 Å². The Kier molecular flexibility index (Phi) is 2.41. The molecule has 0 bridgehead atoms. The van der Waals surface area contributed by atoms with E-state index in [-0.39, 0.29) is 11.2 Å². The van der Waals surface area contributed by atoms with Gasteiger partial charge in [0.15, 0.2) is 0 Å². The zero-order valence-corrected chi connectivity index (χ0v) is 6.88. The molecule has 0 spiro atoms. The van der Waals surface area contributed by atoms with E-state index in [1.807, 2.05) is 27.7 Å². The largest absolute Gasteiger partial charge is 0.212 e. The molecule has 0 rings (SSSR count). The molecule has 54 valence electrons. The molecule has 9 heavy (non-hydrogen) atoms. The normalized spacial score (nSPS) is 15.3. The molecule has 0 heterocycles. The predicted molar refractivity (Wildman–Crippen MR) is 38.9 cm³/mol. The molecule has 0 nitrogen and oxygen atoms in total. The monoisotopic (exact) mass is 130 g/mol.